The number of nitrogens with one attached hydrogen (secondary N) is 1. The molecule has 0 spiro atoms. The van der Waals surface area contributed by atoms with E-state index in [1.165, 1.54) is 0 Å². The smallest absolute Gasteiger partial charge is 0.330 e. The molecule has 1 aromatic rings. The van der Waals surface area contributed by atoms with Crippen LogP contribution in [0.4, 0.5) is 18.9 Å². The van der Waals surface area contributed by atoms with Gasteiger partial charge < -0.3 is 11.1 Å². The molecular formula is C13H15F3N2O2. The maximum Gasteiger partial charge on any atom is 0.416 e. The molecule has 0 saturated heterocycles. The fourth-order valence-electron chi connectivity index (χ4n) is 1.65. The molecule has 0 atom stereocenters. The van der Waals surface area contributed by atoms with Gasteiger partial charge in [-0.1, -0.05) is 0 Å². The van der Waals surface area contributed by atoms with E-state index in [1.54, 1.807) is 0 Å². The van der Waals surface area contributed by atoms with Crippen LogP contribution in [0.15, 0.2) is 18.2 Å². The minimum absolute atomic E-state index is 0.0571. The molecule has 3 N–H and O–H groups in total. The number of ketones is 1. The number of nitrogens with two attached hydrogens (primary N) is 1. The van der Waals surface area contributed by atoms with Crippen LogP contribution in [-0.2, 0) is 11.0 Å². The number of halogens is 3. The predicted octanol–water partition coefficient (Wildman–Crippen LogP) is 2.59. The Morgan fingerprint density at radius 1 is 1.30 bits per heavy atom. The maximum atomic E-state index is 12.6. The second-order valence-corrected chi connectivity index (χ2v) is 4.25. The van der Waals surface area contributed by atoms with Crippen molar-refractivity contribution in [3.05, 3.63) is 29.3 Å². The molecule has 0 heterocycles. The largest absolute Gasteiger partial charge is 0.416 e. The molecule has 0 aliphatic carbocycles. The molecule has 4 nitrogen and oxygen atoms in total. The number of carbonyl (C=O) groups excluding carboxylic acids is 2. The molecule has 0 saturated carbocycles. The Hall–Kier alpha value is -1.89. The van der Waals surface area contributed by atoms with Gasteiger partial charge in [-0.25, -0.2) is 0 Å². The molecule has 0 aromatic heterocycles. The summed E-state index contributed by atoms with van der Waals surface area (Å²) in [6, 6.07) is 2.66. The minimum Gasteiger partial charge on any atom is -0.330 e. The minimum atomic E-state index is -4.54. The van der Waals surface area contributed by atoms with Crippen LogP contribution in [0, 0.1) is 0 Å². The van der Waals surface area contributed by atoms with Gasteiger partial charge in [0.15, 0.2) is 5.78 Å². The van der Waals surface area contributed by atoms with E-state index < -0.39 is 17.6 Å². The number of benzene rings is 1. The first-order valence-corrected chi connectivity index (χ1v) is 5.98. The maximum absolute atomic E-state index is 12.6. The van der Waals surface area contributed by atoms with Gasteiger partial charge in [-0.15, -0.1) is 0 Å². The fraction of sp³-hybridized carbons (Fsp3) is 0.385. The SMILES string of the molecule is CC(=O)Nc1cc(C(F)(F)F)ccc1C(=O)CCCN. The molecule has 1 amide bonds. The number of anilines is 1. The van der Waals surface area contributed by atoms with Crippen molar-refractivity contribution in [1.29, 1.82) is 0 Å². The zero-order valence-electron chi connectivity index (χ0n) is 10.9. The average molecular weight is 288 g/mol. The van der Waals surface area contributed by atoms with Crippen LogP contribution >= 0.6 is 0 Å². The molecule has 0 bridgehead atoms. The Balaban J connectivity index is 3.16. The van der Waals surface area contributed by atoms with Gasteiger partial charge in [0, 0.05) is 18.9 Å². The van der Waals surface area contributed by atoms with Crippen LogP contribution in [-0.4, -0.2) is 18.2 Å². The van der Waals surface area contributed by atoms with E-state index in [0.29, 0.717) is 13.0 Å². The first kappa shape index (κ1) is 16.2. The zero-order chi connectivity index (χ0) is 15.3. The molecule has 110 valence electrons. The van der Waals surface area contributed by atoms with Crippen LogP contribution < -0.4 is 11.1 Å². The molecular weight excluding hydrogens is 273 g/mol. The third kappa shape index (κ3) is 4.34. The summed E-state index contributed by atoms with van der Waals surface area (Å²) in [4.78, 5) is 22.9. The molecule has 0 unspecified atom stereocenters. The number of Topliss-reactive ketones (excluding diaryl/α,β-unsaturated/α-hetero) is 1. The second kappa shape index (κ2) is 6.51. The molecule has 7 heteroatoms. The highest BCUT2D eigenvalue weighted by atomic mass is 19.4. The Bertz CT molecular complexity index is 513. The number of alkyl halides is 3. The number of carbonyl (C=O) groups is 2. The van der Waals surface area contributed by atoms with Crippen molar-refractivity contribution >= 4 is 17.4 Å². The monoisotopic (exact) mass is 288 g/mol. The average Bonchev–Trinajstić information content (AvgIpc) is 2.34. The van der Waals surface area contributed by atoms with Crippen molar-refractivity contribution in [1.82, 2.24) is 0 Å². The number of rotatable bonds is 5. The van der Waals surface area contributed by atoms with Crippen LogP contribution in [0.5, 0.6) is 0 Å². The Kier molecular flexibility index (Phi) is 5.26. The van der Waals surface area contributed by atoms with E-state index in [-0.39, 0.29) is 23.5 Å². The Morgan fingerprint density at radius 3 is 2.45 bits per heavy atom. The summed E-state index contributed by atoms with van der Waals surface area (Å²) in [7, 11) is 0. The second-order valence-electron chi connectivity index (χ2n) is 4.25. The molecule has 0 radical (unpaired) electrons. The lowest BCUT2D eigenvalue weighted by atomic mass is 10.0. The van der Waals surface area contributed by atoms with E-state index in [2.05, 4.69) is 5.32 Å². The molecule has 20 heavy (non-hydrogen) atoms. The van der Waals surface area contributed by atoms with Crippen molar-refractivity contribution in [2.45, 2.75) is 25.9 Å². The third-order valence-corrected chi connectivity index (χ3v) is 2.57. The summed E-state index contributed by atoms with van der Waals surface area (Å²) in [6.45, 7) is 1.47. The zero-order valence-corrected chi connectivity index (χ0v) is 10.9. The normalized spacial score (nSPS) is 11.2. The van der Waals surface area contributed by atoms with Crippen molar-refractivity contribution in [3.63, 3.8) is 0 Å². The van der Waals surface area contributed by atoms with Gasteiger partial charge in [-0.05, 0) is 31.2 Å². The van der Waals surface area contributed by atoms with Crippen LogP contribution in [0.2, 0.25) is 0 Å². The van der Waals surface area contributed by atoms with Gasteiger partial charge in [0.2, 0.25) is 5.91 Å². The van der Waals surface area contributed by atoms with E-state index in [9.17, 15) is 22.8 Å². The summed E-state index contributed by atoms with van der Waals surface area (Å²) in [5, 5.41) is 2.25. The van der Waals surface area contributed by atoms with Crippen LogP contribution in [0.3, 0.4) is 0 Å². The van der Waals surface area contributed by atoms with E-state index in [1.807, 2.05) is 0 Å². The van der Waals surface area contributed by atoms with Gasteiger partial charge in [0.1, 0.15) is 0 Å². The third-order valence-electron chi connectivity index (χ3n) is 2.57. The summed E-state index contributed by atoms with van der Waals surface area (Å²) in [6.07, 6.45) is -3.99. The molecule has 0 aliphatic rings. The molecule has 1 aromatic carbocycles. The topological polar surface area (TPSA) is 72.2 Å². The van der Waals surface area contributed by atoms with Crippen molar-refractivity contribution in [2.24, 2.45) is 5.73 Å². The summed E-state index contributed by atoms with van der Waals surface area (Å²) in [5.74, 6) is -0.898. The number of hydrogen-bond donors (Lipinski definition) is 2. The van der Waals surface area contributed by atoms with Gasteiger partial charge in [0.25, 0.3) is 0 Å². The lowest BCUT2D eigenvalue weighted by Gasteiger charge is -2.13. The highest BCUT2D eigenvalue weighted by molar-refractivity contribution is 6.04. The highest BCUT2D eigenvalue weighted by Crippen LogP contribution is 2.32. The van der Waals surface area contributed by atoms with Gasteiger partial charge in [0.05, 0.1) is 11.3 Å². The van der Waals surface area contributed by atoms with E-state index in [0.717, 1.165) is 25.1 Å². The Morgan fingerprint density at radius 2 is 1.95 bits per heavy atom. The first-order chi connectivity index (χ1) is 9.25. The highest BCUT2D eigenvalue weighted by Gasteiger charge is 2.31. The van der Waals surface area contributed by atoms with Crippen molar-refractivity contribution < 1.29 is 22.8 Å². The molecule has 1 rings (SSSR count). The first-order valence-electron chi connectivity index (χ1n) is 5.98. The fourth-order valence-corrected chi connectivity index (χ4v) is 1.65. The van der Waals surface area contributed by atoms with Crippen molar-refractivity contribution in [2.75, 3.05) is 11.9 Å². The predicted molar refractivity (Wildman–Crippen MR) is 68.4 cm³/mol. The van der Waals surface area contributed by atoms with Gasteiger partial charge >= 0.3 is 6.18 Å². The van der Waals surface area contributed by atoms with Crippen LogP contribution in [0.25, 0.3) is 0 Å². The Labute approximate surface area is 114 Å². The summed E-state index contributed by atoms with van der Waals surface area (Å²) >= 11 is 0. The number of amides is 1. The quantitative estimate of drug-likeness (QED) is 0.818. The van der Waals surface area contributed by atoms with Gasteiger partial charge in [-0.3, -0.25) is 9.59 Å². The van der Waals surface area contributed by atoms with Crippen LogP contribution in [0.1, 0.15) is 35.7 Å². The van der Waals surface area contributed by atoms with Gasteiger partial charge in [-0.2, -0.15) is 13.2 Å². The van der Waals surface area contributed by atoms with E-state index >= 15 is 0 Å². The number of hydrogen-bond acceptors (Lipinski definition) is 3. The lowest BCUT2D eigenvalue weighted by molar-refractivity contribution is -0.137. The standard InChI is InChI=1S/C13H15F3N2O2/c1-8(19)18-11-7-9(13(14,15)16)4-5-10(11)12(20)3-2-6-17/h4-5,7H,2-3,6,17H2,1H3,(H,18,19). The molecule has 0 fully saturated rings. The lowest BCUT2D eigenvalue weighted by Crippen LogP contribution is -2.14. The molecule has 0 aliphatic heterocycles. The summed E-state index contributed by atoms with van der Waals surface area (Å²) < 4.78 is 37.9. The van der Waals surface area contributed by atoms with E-state index in [4.69, 9.17) is 5.73 Å². The summed E-state index contributed by atoms with van der Waals surface area (Å²) in [5.41, 5.74) is 4.29. The van der Waals surface area contributed by atoms with Crippen molar-refractivity contribution in [3.8, 4) is 0 Å².